The molecule has 0 saturated carbocycles. The highest BCUT2D eigenvalue weighted by atomic mass is 32.2. The zero-order valence-corrected chi connectivity index (χ0v) is 17.9. The number of rotatable bonds is 4. The third-order valence-corrected chi connectivity index (χ3v) is 6.24. The maximum absolute atomic E-state index is 12.9. The van der Waals surface area contributed by atoms with Gasteiger partial charge in [-0.3, -0.25) is 14.5 Å². The summed E-state index contributed by atoms with van der Waals surface area (Å²) in [4.78, 5) is 27.2. The van der Waals surface area contributed by atoms with Crippen LogP contribution in [-0.2, 0) is 11.3 Å². The minimum atomic E-state index is -0.261. The summed E-state index contributed by atoms with van der Waals surface area (Å²) in [7, 11) is 0. The highest BCUT2D eigenvalue weighted by molar-refractivity contribution is 8.18. The van der Waals surface area contributed by atoms with Gasteiger partial charge in [0.05, 0.1) is 11.4 Å². The first-order valence-electron chi connectivity index (χ1n) is 9.63. The molecule has 0 bridgehead atoms. The smallest absolute Gasteiger partial charge is 0.293 e. The van der Waals surface area contributed by atoms with Crippen molar-refractivity contribution in [2.45, 2.75) is 27.3 Å². The van der Waals surface area contributed by atoms with Crippen molar-refractivity contribution in [2.24, 2.45) is 0 Å². The maximum Gasteiger partial charge on any atom is 0.293 e. The molecule has 0 atom stereocenters. The molecule has 2 heterocycles. The molecular weight excluding hydrogens is 396 g/mol. The Labute approximate surface area is 179 Å². The van der Waals surface area contributed by atoms with Gasteiger partial charge in [-0.2, -0.15) is 0 Å². The summed E-state index contributed by atoms with van der Waals surface area (Å²) in [5, 5.41) is 9.29. The lowest BCUT2D eigenvalue weighted by Crippen LogP contribution is -2.27. The molecule has 2 aromatic carbocycles. The number of amides is 2. The van der Waals surface area contributed by atoms with Crippen molar-refractivity contribution in [1.82, 2.24) is 9.47 Å². The van der Waals surface area contributed by atoms with Gasteiger partial charge in [-0.25, -0.2) is 0 Å². The summed E-state index contributed by atoms with van der Waals surface area (Å²) >= 11 is 0.980. The number of carbonyl (C=O) groups is 2. The number of phenols is 1. The zero-order chi connectivity index (χ0) is 21.4. The van der Waals surface area contributed by atoms with Crippen molar-refractivity contribution in [1.29, 1.82) is 0 Å². The number of aromatic hydroxyl groups is 1. The van der Waals surface area contributed by atoms with Crippen LogP contribution in [0.1, 0.15) is 28.1 Å². The quantitative estimate of drug-likeness (QED) is 0.581. The Morgan fingerprint density at radius 1 is 1.00 bits per heavy atom. The van der Waals surface area contributed by atoms with Crippen LogP contribution in [0, 0.1) is 20.8 Å². The predicted molar refractivity (Wildman–Crippen MR) is 120 cm³/mol. The van der Waals surface area contributed by atoms with Crippen LogP contribution in [-0.4, -0.2) is 25.7 Å². The van der Waals surface area contributed by atoms with Gasteiger partial charge in [0, 0.05) is 17.1 Å². The van der Waals surface area contributed by atoms with Crippen LogP contribution in [0.15, 0.2) is 59.5 Å². The number of nitrogens with zero attached hydrogens (tertiary/aromatic N) is 2. The lowest BCUT2D eigenvalue weighted by molar-refractivity contribution is -0.123. The first-order valence-corrected chi connectivity index (χ1v) is 10.4. The summed E-state index contributed by atoms with van der Waals surface area (Å²) in [5.41, 5.74) is 5.80. The summed E-state index contributed by atoms with van der Waals surface area (Å²) < 4.78 is 2.06. The molecule has 5 nitrogen and oxygen atoms in total. The van der Waals surface area contributed by atoms with Crippen LogP contribution in [0.3, 0.4) is 0 Å². The van der Waals surface area contributed by atoms with E-state index in [0.29, 0.717) is 4.91 Å². The van der Waals surface area contributed by atoms with Crippen LogP contribution >= 0.6 is 11.8 Å². The van der Waals surface area contributed by atoms with Crippen LogP contribution in [0.4, 0.5) is 4.79 Å². The molecule has 1 aromatic heterocycles. The van der Waals surface area contributed by atoms with Crippen LogP contribution in [0.5, 0.6) is 5.75 Å². The predicted octanol–water partition coefficient (Wildman–Crippen LogP) is 5.34. The van der Waals surface area contributed by atoms with Crippen LogP contribution < -0.4 is 0 Å². The van der Waals surface area contributed by atoms with Crippen LogP contribution in [0.25, 0.3) is 11.8 Å². The van der Waals surface area contributed by atoms with E-state index in [9.17, 15) is 14.7 Å². The number of imide groups is 1. The molecule has 0 aliphatic carbocycles. The largest absolute Gasteiger partial charge is 0.508 e. The molecule has 2 amide bonds. The Kier molecular flexibility index (Phi) is 5.26. The molecule has 0 spiro atoms. The molecule has 30 heavy (non-hydrogen) atoms. The fourth-order valence-electron chi connectivity index (χ4n) is 3.67. The van der Waals surface area contributed by atoms with Crippen LogP contribution in [0.2, 0.25) is 0 Å². The number of carbonyl (C=O) groups excluding carboxylic acids is 2. The van der Waals surface area contributed by atoms with Gasteiger partial charge in [-0.05, 0) is 85.6 Å². The number of phenolic OH excluding ortho intramolecular Hbond substituents is 1. The van der Waals surface area contributed by atoms with E-state index < -0.39 is 0 Å². The Bertz CT molecular complexity index is 1180. The molecule has 1 aliphatic heterocycles. The molecule has 6 heteroatoms. The number of aryl methyl sites for hydroxylation is 2. The molecule has 4 rings (SSSR count). The summed E-state index contributed by atoms with van der Waals surface area (Å²) in [6, 6.07) is 16.7. The normalized spacial score (nSPS) is 15.4. The SMILES string of the molecule is Cc1ccccc1CN1C(=O)S/C(=C\c2cc(C)n(-c3ccc(O)cc3)c2C)C1=O. The van der Waals surface area contributed by atoms with E-state index >= 15 is 0 Å². The van der Waals surface area contributed by atoms with E-state index in [2.05, 4.69) is 4.57 Å². The Morgan fingerprint density at radius 3 is 2.40 bits per heavy atom. The van der Waals surface area contributed by atoms with Gasteiger partial charge in [0.1, 0.15) is 5.75 Å². The van der Waals surface area contributed by atoms with Crippen molar-refractivity contribution in [3.8, 4) is 11.4 Å². The highest BCUT2D eigenvalue weighted by Crippen LogP contribution is 2.35. The van der Waals surface area contributed by atoms with E-state index in [0.717, 1.165) is 45.5 Å². The van der Waals surface area contributed by atoms with Gasteiger partial charge in [-0.1, -0.05) is 24.3 Å². The number of hydrogen-bond donors (Lipinski definition) is 1. The fraction of sp³-hybridized carbons (Fsp3) is 0.167. The molecule has 152 valence electrons. The second-order valence-corrected chi connectivity index (χ2v) is 8.37. The minimum Gasteiger partial charge on any atom is -0.508 e. The highest BCUT2D eigenvalue weighted by Gasteiger charge is 2.35. The van der Waals surface area contributed by atoms with Gasteiger partial charge in [-0.15, -0.1) is 0 Å². The third-order valence-electron chi connectivity index (χ3n) is 5.33. The first-order chi connectivity index (χ1) is 14.3. The Hall–Kier alpha value is -3.25. The lowest BCUT2D eigenvalue weighted by Gasteiger charge is -2.14. The van der Waals surface area contributed by atoms with Gasteiger partial charge in [0.15, 0.2) is 0 Å². The first kappa shape index (κ1) is 20.0. The zero-order valence-electron chi connectivity index (χ0n) is 17.0. The molecule has 1 aliphatic rings. The standard InChI is InChI=1S/C24H22N2O3S/c1-15-6-4-5-7-18(15)14-25-23(28)22(30-24(25)29)13-19-12-16(2)26(17(19)3)20-8-10-21(27)11-9-20/h4-13,27H,14H2,1-3H3/b22-13-. The molecule has 0 radical (unpaired) electrons. The average molecular weight is 419 g/mol. The van der Waals surface area contributed by atoms with Crippen molar-refractivity contribution < 1.29 is 14.7 Å². The van der Waals surface area contributed by atoms with E-state index in [1.165, 1.54) is 4.90 Å². The molecule has 1 N–H and O–H groups in total. The minimum absolute atomic E-state index is 0.212. The van der Waals surface area contributed by atoms with Gasteiger partial charge >= 0.3 is 0 Å². The van der Waals surface area contributed by atoms with E-state index in [4.69, 9.17) is 0 Å². The van der Waals surface area contributed by atoms with Gasteiger partial charge < -0.3 is 9.67 Å². The molecule has 1 fully saturated rings. The average Bonchev–Trinajstić information content (AvgIpc) is 3.14. The second-order valence-electron chi connectivity index (χ2n) is 7.37. The maximum atomic E-state index is 12.9. The molecule has 0 unspecified atom stereocenters. The lowest BCUT2D eigenvalue weighted by atomic mass is 10.1. The van der Waals surface area contributed by atoms with E-state index in [1.54, 1.807) is 18.2 Å². The fourth-order valence-corrected chi connectivity index (χ4v) is 4.50. The molecule has 3 aromatic rings. The molecule has 1 saturated heterocycles. The van der Waals surface area contributed by atoms with Crippen molar-refractivity contribution >= 4 is 29.0 Å². The van der Waals surface area contributed by atoms with Crippen molar-refractivity contribution in [3.63, 3.8) is 0 Å². The number of thioether (sulfide) groups is 1. The number of benzene rings is 2. The number of hydrogen-bond acceptors (Lipinski definition) is 4. The van der Waals surface area contributed by atoms with Gasteiger partial charge in [0.25, 0.3) is 11.1 Å². The van der Waals surface area contributed by atoms with E-state index in [-0.39, 0.29) is 23.4 Å². The van der Waals surface area contributed by atoms with E-state index in [1.807, 2.05) is 63.2 Å². The third kappa shape index (κ3) is 3.66. The summed E-state index contributed by atoms with van der Waals surface area (Å²) in [6.45, 7) is 6.22. The number of aromatic nitrogens is 1. The topological polar surface area (TPSA) is 62.5 Å². The summed E-state index contributed by atoms with van der Waals surface area (Å²) in [5.74, 6) is -0.0496. The Morgan fingerprint density at radius 2 is 1.70 bits per heavy atom. The van der Waals surface area contributed by atoms with Gasteiger partial charge in [0.2, 0.25) is 0 Å². The molecular formula is C24H22N2O3S. The second kappa shape index (κ2) is 7.88. The van der Waals surface area contributed by atoms with Crippen molar-refractivity contribution in [3.05, 3.63) is 87.6 Å². The Balaban J connectivity index is 1.63. The van der Waals surface area contributed by atoms with Crippen molar-refractivity contribution in [2.75, 3.05) is 0 Å². The summed E-state index contributed by atoms with van der Waals surface area (Å²) in [6.07, 6.45) is 1.79. The monoisotopic (exact) mass is 418 g/mol.